The number of nitriles is 1. The molecule has 3 nitrogen and oxygen atoms in total. The lowest BCUT2D eigenvalue weighted by molar-refractivity contribution is 0.434. The highest BCUT2D eigenvalue weighted by Crippen LogP contribution is 2.49. The Bertz CT molecular complexity index is 1200. The minimum atomic E-state index is 0.198. The molecule has 0 heterocycles. The summed E-state index contributed by atoms with van der Waals surface area (Å²) in [7, 11) is 0. The van der Waals surface area contributed by atoms with Crippen LogP contribution in [0, 0.1) is 17.2 Å². The van der Waals surface area contributed by atoms with Crippen molar-refractivity contribution < 1.29 is 10.2 Å². The van der Waals surface area contributed by atoms with E-state index in [0.717, 1.165) is 83.9 Å². The number of nitrogens with zero attached hydrogens (tertiary/aromatic N) is 1. The fraction of sp³-hybridized carbons (Fsp3) is 0.382. The van der Waals surface area contributed by atoms with Gasteiger partial charge in [0.25, 0.3) is 0 Å². The zero-order valence-electron chi connectivity index (χ0n) is 22.3. The molecule has 0 saturated carbocycles. The van der Waals surface area contributed by atoms with Crippen LogP contribution in [0.5, 0.6) is 11.5 Å². The molecule has 3 aromatic rings. The van der Waals surface area contributed by atoms with Gasteiger partial charge in [0.05, 0.1) is 18.1 Å². The Labute approximate surface area is 222 Å². The summed E-state index contributed by atoms with van der Waals surface area (Å²) in [6.45, 7) is 4.41. The van der Waals surface area contributed by atoms with Crippen molar-refractivity contribution in [2.24, 2.45) is 5.92 Å². The Morgan fingerprint density at radius 3 is 1.92 bits per heavy atom. The maximum absolute atomic E-state index is 11.9. The summed E-state index contributed by atoms with van der Waals surface area (Å²) in [6, 6.07) is 22.9. The standard InChI is InChI=1S/C34H39NO2/c1-3-4-7-16-28-30(22-25-12-8-5-9-13-25)33(36)32(29-21-24(2)17-18-27(29)19-20-35)34(37)31(28)23-26-14-10-6-11-15-26/h5-6,8-15,24,36-37H,3-4,7,16-19,21-23H2,1-2H3. The quantitative estimate of drug-likeness (QED) is 0.278. The maximum Gasteiger partial charge on any atom is 0.130 e. The van der Waals surface area contributed by atoms with Crippen molar-refractivity contribution >= 4 is 5.57 Å². The minimum absolute atomic E-state index is 0.198. The fourth-order valence-corrected chi connectivity index (χ4v) is 5.74. The number of allylic oxidation sites excluding steroid dienone is 2. The number of hydrogen-bond donors (Lipinski definition) is 2. The summed E-state index contributed by atoms with van der Waals surface area (Å²) in [5.74, 6) is 0.837. The lowest BCUT2D eigenvalue weighted by Crippen LogP contribution is -2.11. The van der Waals surface area contributed by atoms with Crippen LogP contribution in [-0.2, 0) is 19.3 Å². The average molecular weight is 494 g/mol. The van der Waals surface area contributed by atoms with E-state index in [9.17, 15) is 15.5 Å². The van der Waals surface area contributed by atoms with Gasteiger partial charge in [0.15, 0.2) is 0 Å². The van der Waals surface area contributed by atoms with Gasteiger partial charge in [-0.15, -0.1) is 0 Å². The normalized spacial score (nSPS) is 15.5. The molecule has 4 rings (SSSR count). The number of phenols is 2. The van der Waals surface area contributed by atoms with Gasteiger partial charge in [-0.1, -0.05) is 92.9 Å². The first-order chi connectivity index (χ1) is 18.0. The molecule has 192 valence electrons. The molecule has 0 fully saturated rings. The molecular formula is C34H39NO2. The molecule has 37 heavy (non-hydrogen) atoms. The van der Waals surface area contributed by atoms with E-state index in [1.165, 1.54) is 0 Å². The molecule has 0 aromatic heterocycles. The third kappa shape index (κ3) is 6.25. The van der Waals surface area contributed by atoms with E-state index in [1.54, 1.807) is 0 Å². The zero-order chi connectivity index (χ0) is 26.2. The molecule has 0 bridgehead atoms. The van der Waals surface area contributed by atoms with Crippen molar-refractivity contribution in [2.75, 3.05) is 0 Å². The van der Waals surface area contributed by atoms with Crippen molar-refractivity contribution in [3.8, 4) is 17.6 Å². The lowest BCUT2D eigenvalue weighted by Gasteiger charge is -2.28. The largest absolute Gasteiger partial charge is 0.507 e. The Morgan fingerprint density at radius 1 is 0.838 bits per heavy atom. The molecule has 3 heteroatoms. The first-order valence-corrected chi connectivity index (χ1v) is 13.8. The molecule has 1 atom stereocenters. The second-order valence-corrected chi connectivity index (χ2v) is 10.6. The summed E-state index contributed by atoms with van der Waals surface area (Å²) < 4.78 is 0. The first-order valence-electron chi connectivity index (χ1n) is 13.8. The van der Waals surface area contributed by atoms with Crippen molar-refractivity contribution in [1.29, 1.82) is 5.26 Å². The average Bonchev–Trinajstić information content (AvgIpc) is 2.91. The number of unbranched alkanes of at least 4 members (excludes halogenated alkanes) is 2. The van der Waals surface area contributed by atoms with Gasteiger partial charge < -0.3 is 10.2 Å². The molecule has 2 N–H and O–H groups in total. The summed E-state index contributed by atoms with van der Waals surface area (Å²) in [4.78, 5) is 0. The predicted octanol–water partition coefficient (Wildman–Crippen LogP) is 8.50. The Morgan fingerprint density at radius 2 is 1.41 bits per heavy atom. The summed E-state index contributed by atoms with van der Waals surface area (Å²) >= 11 is 0. The van der Waals surface area contributed by atoms with Gasteiger partial charge >= 0.3 is 0 Å². The van der Waals surface area contributed by atoms with Crippen LogP contribution < -0.4 is 0 Å². The highest BCUT2D eigenvalue weighted by atomic mass is 16.3. The smallest absolute Gasteiger partial charge is 0.130 e. The van der Waals surface area contributed by atoms with E-state index in [-0.39, 0.29) is 11.5 Å². The van der Waals surface area contributed by atoms with E-state index >= 15 is 0 Å². The molecule has 1 unspecified atom stereocenters. The molecule has 1 aliphatic carbocycles. The summed E-state index contributed by atoms with van der Waals surface area (Å²) in [5, 5.41) is 33.4. The predicted molar refractivity (Wildman–Crippen MR) is 152 cm³/mol. The summed E-state index contributed by atoms with van der Waals surface area (Å²) in [6.07, 6.45) is 8.24. The molecule has 0 spiro atoms. The number of benzene rings is 3. The third-order valence-corrected chi connectivity index (χ3v) is 7.76. The van der Waals surface area contributed by atoms with Gasteiger partial charge in [0.1, 0.15) is 11.5 Å². The second kappa shape index (κ2) is 12.6. The molecule has 1 aliphatic rings. The van der Waals surface area contributed by atoms with Crippen LogP contribution in [0.1, 0.15) is 92.2 Å². The van der Waals surface area contributed by atoms with E-state index in [2.05, 4.69) is 44.2 Å². The van der Waals surface area contributed by atoms with Crippen LogP contribution in [-0.4, -0.2) is 10.2 Å². The molecule has 3 aromatic carbocycles. The molecule has 0 saturated heterocycles. The minimum Gasteiger partial charge on any atom is -0.507 e. The van der Waals surface area contributed by atoms with Gasteiger partial charge in [-0.05, 0) is 60.3 Å². The maximum atomic E-state index is 11.9. The van der Waals surface area contributed by atoms with Crippen LogP contribution >= 0.6 is 0 Å². The SMILES string of the molecule is CCCCCc1c(Cc2ccccc2)c(O)c(C2=C(CC#N)CCC(C)C2)c(O)c1Cc1ccccc1. The van der Waals surface area contributed by atoms with Crippen LogP contribution in [0.15, 0.2) is 66.2 Å². The van der Waals surface area contributed by atoms with Crippen LogP contribution in [0.2, 0.25) is 0 Å². The fourth-order valence-electron chi connectivity index (χ4n) is 5.74. The van der Waals surface area contributed by atoms with Gasteiger partial charge in [-0.25, -0.2) is 0 Å². The molecule has 0 amide bonds. The third-order valence-electron chi connectivity index (χ3n) is 7.76. The highest BCUT2D eigenvalue weighted by Gasteiger charge is 2.29. The van der Waals surface area contributed by atoms with E-state index in [1.807, 2.05) is 36.4 Å². The highest BCUT2D eigenvalue weighted by molar-refractivity contribution is 5.81. The topological polar surface area (TPSA) is 64.2 Å². The van der Waals surface area contributed by atoms with E-state index < -0.39 is 0 Å². The second-order valence-electron chi connectivity index (χ2n) is 10.6. The van der Waals surface area contributed by atoms with Crippen molar-refractivity contribution in [3.05, 3.63) is 99.6 Å². The zero-order valence-corrected chi connectivity index (χ0v) is 22.3. The monoisotopic (exact) mass is 493 g/mol. The van der Waals surface area contributed by atoms with Crippen LogP contribution in [0.4, 0.5) is 0 Å². The van der Waals surface area contributed by atoms with Crippen LogP contribution in [0.25, 0.3) is 5.57 Å². The van der Waals surface area contributed by atoms with Crippen LogP contribution in [0.3, 0.4) is 0 Å². The number of rotatable bonds is 10. The first kappa shape index (κ1) is 26.6. The van der Waals surface area contributed by atoms with Gasteiger partial charge in [-0.2, -0.15) is 5.26 Å². The number of phenolic OH excluding ortho intramolecular Hbond substituents is 2. The Hall–Kier alpha value is -3.51. The number of hydrogen-bond acceptors (Lipinski definition) is 3. The van der Waals surface area contributed by atoms with Crippen molar-refractivity contribution in [2.45, 2.75) is 78.1 Å². The lowest BCUT2D eigenvalue weighted by atomic mass is 9.77. The number of aromatic hydroxyl groups is 2. The Kier molecular flexibility index (Phi) is 9.07. The van der Waals surface area contributed by atoms with E-state index in [0.29, 0.717) is 30.7 Å². The van der Waals surface area contributed by atoms with Crippen molar-refractivity contribution in [3.63, 3.8) is 0 Å². The van der Waals surface area contributed by atoms with Gasteiger partial charge in [0, 0.05) is 24.0 Å². The molecule has 0 radical (unpaired) electrons. The van der Waals surface area contributed by atoms with Gasteiger partial charge in [-0.3, -0.25) is 0 Å². The van der Waals surface area contributed by atoms with Gasteiger partial charge in [0.2, 0.25) is 0 Å². The molecule has 0 aliphatic heterocycles. The summed E-state index contributed by atoms with van der Waals surface area (Å²) in [5.41, 5.74) is 7.78. The Balaban J connectivity index is 1.98. The van der Waals surface area contributed by atoms with Crippen molar-refractivity contribution in [1.82, 2.24) is 0 Å². The molecular weight excluding hydrogens is 454 g/mol. The van der Waals surface area contributed by atoms with E-state index in [4.69, 9.17) is 0 Å².